The van der Waals surface area contributed by atoms with Crippen LogP contribution in [0.3, 0.4) is 0 Å². The van der Waals surface area contributed by atoms with Gasteiger partial charge in [-0.15, -0.1) is 0 Å². The van der Waals surface area contributed by atoms with Crippen molar-refractivity contribution in [1.29, 1.82) is 0 Å². The Balaban J connectivity index is 2.31. The van der Waals surface area contributed by atoms with Crippen molar-refractivity contribution in [3.05, 3.63) is 23.8 Å². The first-order valence-corrected chi connectivity index (χ1v) is 7.31. The number of thiocarbonyl (C=S) groups is 1. The molecule has 2 rings (SSSR count). The lowest BCUT2D eigenvalue weighted by atomic mass is 10.0. The Hall–Kier alpha value is -1.82. The first-order chi connectivity index (χ1) is 10.1. The lowest BCUT2D eigenvalue weighted by Crippen LogP contribution is -2.49. The summed E-state index contributed by atoms with van der Waals surface area (Å²) in [6, 6.07) is 4.97. The van der Waals surface area contributed by atoms with Gasteiger partial charge < -0.3 is 20.1 Å². The van der Waals surface area contributed by atoms with Gasteiger partial charge in [-0.2, -0.15) is 0 Å². The van der Waals surface area contributed by atoms with E-state index >= 15 is 0 Å². The van der Waals surface area contributed by atoms with Crippen molar-refractivity contribution in [3.63, 3.8) is 0 Å². The number of likely N-dealkylation sites (tertiary alicyclic amines) is 1. The fourth-order valence-electron chi connectivity index (χ4n) is 2.57. The number of nitrogens with zero attached hydrogens (tertiary/aromatic N) is 1. The van der Waals surface area contributed by atoms with Crippen molar-refractivity contribution >= 4 is 23.1 Å². The van der Waals surface area contributed by atoms with E-state index in [9.17, 15) is 4.79 Å². The van der Waals surface area contributed by atoms with Crippen LogP contribution in [-0.2, 0) is 0 Å². The molecule has 1 aliphatic rings. The molecule has 1 aromatic carbocycles. The zero-order valence-electron chi connectivity index (χ0n) is 12.3. The molecule has 6 heteroatoms. The van der Waals surface area contributed by atoms with Gasteiger partial charge in [-0.05, 0) is 31.4 Å². The van der Waals surface area contributed by atoms with E-state index in [0.29, 0.717) is 28.6 Å². The summed E-state index contributed by atoms with van der Waals surface area (Å²) >= 11 is 5.09. The maximum absolute atomic E-state index is 12.8. The number of amides is 1. The Morgan fingerprint density at radius 2 is 1.86 bits per heavy atom. The maximum Gasteiger partial charge on any atom is 0.254 e. The molecule has 1 atom stereocenters. The predicted molar refractivity (Wildman–Crippen MR) is 85.0 cm³/mol. The van der Waals surface area contributed by atoms with Gasteiger partial charge in [0.2, 0.25) is 0 Å². The first-order valence-electron chi connectivity index (χ1n) is 6.90. The smallest absolute Gasteiger partial charge is 0.254 e. The van der Waals surface area contributed by atoms with Gasteiger partial charge in [-0.3, -0.25) is 4.79 Å². The third-order valence-corrected chi connectivity index (χ3v) is 3.96. The molecule has 1 amide bonds. The summed E-state index contributed by atoms with van der Waals surface area (Å²) in [6.45, 7) is 0.667. The van der Waals surface area contributed by atoms with Crippen LogP contribution in [0.4, 0.5) is 0 Å². The molecule has 0 bridgehead atoms. The standard InChI is InChI=1S/C15H20N2O3S/c1-19-11-7-10(8-12(9-11)20-2)15(18)17-6-4-3-5-13(17)14(16)21/h7-9,13H,3-6H2,1-2H3,(H2,16,21). The molecule has 1 unspecified atom stereocenters. The number of carbonyl (C=O) groups is 1. The first kappa shape index (κ1) is 15.6. The Morgan fingerprint density at radius 3 is 2.38 bits per heavy atom. The van der Waals surface area contributed by atoms with E-state index < -0.39 is 0 Å². The summed E-state index contributed by atoms with van der Waals surface area (Å²) in [7, 11) is 3.11. The SMILES string of the molecule is COc1cc(OC)cc(C(=O)N2CCCCC2C(N)=S)c1. The van der Waals surface area contributed by atoms with E-state index in [1.54, 1.807) is 37.3 Å². The number of piperidine rings is 1. The van der Waals surface area contributed by atoms with Gasteiger partial charge in [0.1, 0.15) is 11.5 Å². The summed E-state index contributed by atoms with van der Waals surface area (Å²) in [4.78, 5) is 14.9. The van der Waals surface area contributed by atoms with Crippen LogP contribution in [-0.4, -0.2) is 42.6 Å². The van der Waals surface area contributed by atoms with Gasteiger partial charge in [0.25, 0.3) is 5.91 Å². The summed E-state index contributed by atoms with van der Waals surface area (Å²) in [6.07, 6.45) is 2.82. The minimum absolute atomic E-state index is 0.0929. The van der Waals surface area contributed by atoms with E-state index in [1.807, 2.05) is 0 Å². The average molecular weight is 308 g/mol. The molecule has 0 aromatic heterocycles. The van der Waals surface area contributed by atoms with Crippen molar-refractivity contribution in [3.8, 4) is 11.5 Å². The molecule has 0 saturated carbocycles. The van der Waals surface area contributed by atoms with E-state index in [0.717, 1.165) is 19.3 Å². The Bertz CT molecular complexity index is 525. The molecule has 1 fully saturated rings. The summed E-state index contributed by atoms with van der Waals surface area (Å²) in [5, 5.41) is 0. The molecule has 0 spiro atoms. The zero-order valence-corrected chi connectivity index (χ0v) is 13.1. The van der Waals surface area contributed by atoms with E-state index in [2.05, 4.69) is 0 Å². The molecule has 21 heavy (non-hydrogen) atoms. The number of hydrogen-bond acceptors (Lipinski definition) is 4. The van der Waals surface area contributed by atoms with Gasteiger partial charge in [-0.1, -0.05) is 12.2 Å². The summed E-state index contributed by atoms with van der Waals surface area (Å²) < 4.78 is 10.4. The van der Waals surface area contributed by atoms with Crippen LogP contribution in [0.5, 0.6) is 11.5 Å². The van der Waals surface area contributed by atoms with Gasteiger partial charge in [-0.25, -0.2) is 0 Å². The number of benzene rings is 1. The van der Waals surface area contributed by atoms with Crippen molar-refractivity contribution in [2.75, 3.05) is 20.8 Å². The lowest BCUT2D eigenvalue weighted by Gasteiger charge is -2.35. The Morgan fingerprint density at radius 1 is 1.24 bits per heavy atom. The van der Waals surface area contributed by atoms with Crippen LogP contribution in [0.2, 0.25) is 0 Å². The Kier molecular flexibility index (Phi) is 5.01. The van der Waals surface area contributed by atoms with Gasteiger partial charge in [0, 0.05) is 18.2 Å². The highest BCUT2D eigenvalue weighted by molar-refractivity contribution is 7.80. The third kappa shape index (κ3) is 3.44. The minimum Gasteiger partial charge on any atom is -0.497 e. The summed E-state index contributed by atoms with van der Waals surface area (Å²) in [5.74, 6) is 1.08. The van der Waals surface area contributed by atoms with Crippen LogP contribution in [0, 0.1) is 0 Å². The molecule has 1 aromatic rings. The Labute approximate surface area is 130 Å². The van der Waals surface area contributed by atoms with Crippen LogP contribution >= 0.6 is 12.2 Å². The highest BCUT2D eigenvalue weighted by atomic mass is 32.1. The predicted octanol–water partition coefficient (Wildman–Crippen LogP) is 1.98. The van der Waals surface area contributed by atoms with Crippen molar-refractivity contribution in [2.24, 2.45) is 5.73 Å². The van der Waals surface area contributed by atoms with E-state index in [1.165, 1.54) is 0 Å². The second-order valence-corrected chi connectivity index (χ2v) is 5.49. The average Bonchev–Trinajstić information content (AvgIpc) is 2.53. The fourth-order valence-corrected chi connectivity index (χ4v) is 2.81. The van der Waals surface area contributed by atoms with Crippen LogP contribution < -0.4 is 15.2 Å². The highest BCUT2D eigenvalue weighted by Gasteiger charge is 2.29. The third-order valence-electron chi connectivity index (χ3n) is 3.69. The molecule has 5 nitrogen and oxygen atoms in total. The topological polar surface area (TPSA) is 64.8 Å². The number of methoxy groups -OCH3 is 2. The highest BCUT2D eigenvalue weighted by Crippen LogP contribution is 2.26. The quantitative estimate of drug-likeness (QED) is 0.862. The molecule has 114 valence electrons. The number of rotatable bonds is 4. The lowest BCUT2D eigenvalue weighted by molar-refractivity contribution is 0.0680. The molecule has 0 radical (unpaired) electrons. The van der Waals surface area contributed by atoms with E-state index in [4.69, 9.17) is 27.4 Å². The number of nitrogens with two attached hydrogens (primary N) is 1. The number of hydrogen-bond donors (Lipinski definition) is 1. The van der Waals surface area contributed by atoms with Crippen molar-refractivity contribution < 1.29 is 14.3 Å². The molecule has 0 aliphatic carbocycles. The number of ether oxygens (including phenoxy) is 2. The van der Waals surface area contributed by atoms with Crippen LogP contribution in [0.1, 0.15) is 29.6 Å². The molecular formula is C15H20N2O3S. The fraction of sp³-hybridized carbons (Fsp3) is 0.467. The molecule has 2 N–H and O–H groups in total. The minimum atomic E-state index is -0.168. The van der Waals surface area contributed by atoms with Crippen LogP contribution in [0.25, 0.3) is 0 Å². The number of carbonyl (C=O) groups excluding carboxylic acids is 1. The molecule has 1 aliphatic heterocycles. The van der Waals surface area contributed by atoms with Crippen molar-refractivity contribution in [2.45, 2.75) is 25.3 Å². The molecular weight excluding hydrogens is 288 g/mol. The van der Waals surface area contributed by atoms with Crippen molar-refractivity contribution in [1.82, 2.24) is 4.90 Å². The molecule has 1 saturated heterocycles. The van der Waals surface area contributed by atoms with Gasteiger partial charge in [0.05, 0.1) is 25.2 Å². The monoisotopic (exact) mass is 308 g/mol. The summed E-state index contributed by atoms with van der Waals surface area (Å²) in [5.41, 5.74) is 6.30. The largest absolute Gasteiger partial charge is 0.497 e. The van der Waals surface area contributed by atoms with Crippen LogP contribution in [0.15, 0.2) is 18.2 Å². The second kappa shape index (κ2) is 6.76. The normalized spacial score (nSPS) is 18.2. The van der Waals surface area contributed by atoms with Gasteiger partial charge >= 0.3 is 0 Å². The van der Waals surface area contributed by atoms with Gasteiger partial charge in [0.15, 0.2) is 0 Å². The second-order valence-electron chi connectivity index (χ2n) is 5.01. The molecule has 1 heterocycles. The zero-order chi connectivity index (χ0) is 15.4. The van der Waals surface area contributed by atoms with E-state index in [-0.39, 0.29) is 11.9 Å². The maximum atomic E-state index is 12.8.